The summed E-state index contributed by atoms with van der Waals surface area (Å²) in [5.74, 6) is 0.0677. The molecule has 4 heteroatoms. The number of carbonyl (C=O) groups excluding carboxylic acids is 1. The standard InChI is InChI=1S/C23H35Cl3O/c1-2-3-4-5-6-7-8-9-10-11-12-13-14-15-22(27)23(26)19-16-17-20(24)21(25)18-19/h16-18,23H,2-15H2,1H3. The summed E-state index contributed by atoms with van der Waals surface area (Å²) in [5, 5.41) is 0.291. The van der Waals surface area contributed by atoms with Crippen LogP contribution >= 0.6 is 34.8 Å². The van der Waals surface area contributed by atoms with Gasteiger partial charge in [-0.15, -0.1) is 11.6 Å². The van der Waals surface area contributed by atoms with E-state index in [1.165, 1.54) is 70.6 Å². The second-order valence-corrected chi connectivity index (χ2v) is 8.75. The molecule has 0 bridgehead atoms. The van der Waals surface area contributed by atoms with E-state index in [0.717, 1.165) is 18.4 Å². The van der Waals surface area contributed by atoms with Crippen LogP contribution in [0.1, 0.15) is 108 Å². The maximum absolute atomic E-state index is 12.2. The van der Waals surface area contributed by atoms with Gasteiger partial charge in [0.2, 0.25) is 0 Å². The van der Waals surface area contributed by atoms with Gasteiger partial charge in [0.05, 0.1) is 10.0 Å². The van der Waals surface area contributed by atoms with E-state index in [0.29, 0.717) is 16.5 Å². The number of benzene rings is 1. The largest absolute Gasteiger partial charge is 0.298 e. The van der Waals surface area contributed by atoms with E-state index in [1.54, 1.807) is 18.2 Å². The number of Topliss-reactive ketones (excluding diaryl/α,β-unsaturated/α-hetero) is 1. The third kappa shape index (κ3) is 11.4. The zero-order chi connectivity index (χ0) is 19.9. The second kappa shape index (κ2) is 15.7. The number of alkyl halides is 1. The molecule has 0 aliphatic heterocycles. The minimum Gasteiger partial charge on any atom is -0.298 e. The summed E-state index contributed by atoms with van der Waals surface area (Å²) in [7, 11) is 0. The number of hydrogen-bond donors (Lipinski definition) is 0. The fourth-order valence-corrected chi connectivity index (χ4v) is 3.85. The molecular weight excluding hydrogens is 399 g/mol. The summed E-state index contributed by atoms with van der Waals surface area (Å²) in [6, 6.07) is 5.14. The average molecular weight is 434 g/mol. The molecule has 1 atom stereocenters. The molecule has 0 fully saturated rings. The van der Waals surface area contributed by atoms with Crippen LogP contribution in [0.4, 0.5) is 0 Å². The molecule has 0 spiro atoms. The van der Waals surface area contributed by atoms with Gasteiger partial charge in [-0.25, -0.2) is 0 Å². The van der Waals surface area contributed by atoms with Crippen LogP contribution in [-0.4, -0.2) is 5.78 Å². The van der Waals surface area contributed by atoms with E-state index >= 15 is 0 Å². The van der Waals surface area contributed by atoms with Crippen molar-refractivity contribution in [1.82, 2.24) is 0 Å². The Labute approximate surface area is 181 Å². The summed E-state index contributed by atoms with van der Waals surface area (Å²) >= 11 is 18.2. The van der Waals surface area contributed by atoms with Crippen LogP contribution in [-0.2, 0) is 4.79 Å². The molecule has 0 radical (unpaired) electrons. The van der Waals surface area contributed by atoms with Gasteiger partial charge in [0.25, 0.3) is 0 Å². The summed E-state index contributed by atoms with van der Waals surface area (Å²) in [4.78, 5) is 12.2. The molecular formula is C23H35Cl3O. The average Bonchev–Trinajstić information content (AvgIpc) is 2.66. The lowest BCUT2D eigenvalue weighted by Gasteiger charge is -2.10. The summed E-state index contributed by atoms with van der Waals surface area (Å²) in [6.45, 7) is 2.26. The lowest BCUT2D eigenvalue weighted by atomic mass is 10.0. The van der Waals surface area contributed by atoms with Gasteiger partial charge in [-0.3, -0.25) is 4.79 Å². The van der Waals surface area contributed by atoms with Crippen molar-refractivity contribution in [3.05, 3.63) is 33.8 Å². The van der Waals surface area contributed by atoms with Crippen molar-refractivity contribution in [1.29, 1.82) is 0 Å². The predicted octanol–water partition coefficient (Wildman–Crippen LogP) is 9.32. The first-order valence-electron chi connectivity index (χ1n) is 10.7. The predicted molar refractivity (Wildman–Crippen MR) is 120 cm³/mol. The Bertz CT molecular complexity index is 530. The first kappa shape index (κ1) is 24.8. The van der Waals surface area contributed by atoms with E-state index in [4.69, 9.17) is 34.8 Å². The van der Waals surface area contributed by atoms with Crippen molar-refractivity contribution in [2.24, 2.45) is 0 Å². The molecule has 1 aromatic rings. The number of halogens is 3. The molecule has 0 saturated carbocycles. The second-order valence-electron chi connectivity index (χ2n) is 7.50. The van der Waals surface area contributed by atoms with E-state index < -0.39 is 5.38 Å². The van der Waals surface area contributed by atoms with Crippen LogP contribution < -0.4 is 0 Å². The van der Waals surface area contributed by atoms with E-state index in [2.05, 4.69) is 6.92 Å². The van der Waals surface area contributed by atoms with Crippen molar-refractivity contribution in [3.63, 3.8) is 0 Å². The lowest BCUT2D eigenvalue weighted by molar-refractivity contribution is -0.118. The maximum atomic E-state index is 12.2. The molecule has 0 heterocycles. The fraction of sp³-hybridized carbons (Fsp3) is 0.696. The zero-order valence-electron chi connectivity index (χ0n) is 16.8. The molecule has 0 aliphatic carbocycles. The molecule has 1 unspecified atom stereocenters. The van der Waals surface area contributed by atoms with Crippen molar-refractivity contribution in [2.45, 2.75) is 102 Å². The smallest absolute Gasteiger partial charge is 0.155 e. The van der Waals surface area contributed by atoms with Crippen LogP contribution in [0.15, 0.2) is 18.2 Å². The summed E-state index contributed by atoms with van der Waals surface area (Å²) < 4.78 is 0. The molecule has 0 N–H and O–H groups in total. The van der Waals surface area contributed by atoms with Crippen LogP contribution in [0.5, 0.6) is 0 Å². The Morgan fingerprint density at radius 1 is 0.778 bits per heavy atom. The van der Waals surface area contributed by atoms with Crippen molar-refractivity contribution < 1.29 is 4.79 Å². The number of ketones is 1. The van der Waals surface area contributed by atoms with Gasteiger partial charge in [-0.05, 0) is 24.1 Å². The number of unbranched alkanes of at least 4 members (excludes halogenated alkanes) is 12. The quantitative estimate of drug-likeness (QED) is 0.187. The van der Waals surface area contributed by atoms with E-state index in [9.17, 15) is 4.79 Å². The highest BCUT2D eigenvalue weighted by Gasteiger charge is 2.17. The molecule has 154 valence electrons. The molecule has 1 aromatic carbocycles. The van der Waals surface area contributed by atoms with Crippen molar-refractivity contribution >= 4 is 40.6 Å². The minimum atomic E-state index is -0.628. The van der Waals surface area contributed by atoms with Gasteiger partial charge in [0, 0.05) is 6.42 Å². The third-order valence-corrected chi connectivity index (χ3v) is 6.28. The number of hydrogen-bond acceptors (Lipinski definition) is 1. The number of carbonyl (C=O) groups is 1. The van der Waals surface area contributed by atoms with Gasteiger partial charge in [0.1, 0.15) is 5.38 Å². The fourth-order valence-electron chi connectivity index (χ4n) is 3.30. The van der Waals surface area contributed by atoms with Gasteiger partial charge in [0.15, 0.2) is 5.78 Å². The van der Waals surface area contributed by atoms with Crippen LogP contribution in [0, 0.1) is 0 Å². The highest BCUT2D eigenvalue weighted by Crippen LogP contribution is 2.30. The normalized spacial score (nSPS) is 12.3. The van der Waals surface area contributed by atoms with Gasteiger partial charge in [-0.2, -0.15) is 0 Å². The van der Waals surface area contributed by atoms with Crippen LogP contribution in [0.3, 0.4) is 0 Å². The van der Waals surface area contributed by atoms with Gasteiger partial charge in [-0.1, -0.05) is 113 Å². The maximum Gasteiger partial charge on any atom is 0.155 e. The molecule has 0 aliphatic rings. The molecule has 0 amide bonds. The lowest BCUT2D eigenvalue weighted by Crippen LogP contribution is -2.06. The van der Waals surface area contributed by atoms with Crippen LogP contribution in [0.25, 0.3) is 0 Å². The van der Waals surface area contributed by atoms with E-state index in [1.807, 2.05) is 0 Å². The Hall–Kier alpha value is -0.240. The Balaban J connectivity index is 2.00. The van der Waals surface area contributed by atoms with Gasteiger partial charge >= 0.3 is 0 Å². The third-order valence-electron chi connectivity index (χ3n) is 5.05. The highest BCUT2D eigenvalue weighted by molar-refractivity contribution is 6.42. The SMILES string of the molecule is CCCCCCCCCCCCCCCC(=O)C(Cl)c1ccc(Cl)c(Cl)c1. The minimum absolute atomic E-state index is 0.0677. The Morgan fingerprint density at radius 2 is 1.26 bits per heavy atom. The summed E-state index contributed by atoms with van der Waals surface area (Å²) in [5.41, 5.74) is 0.728. The van der Waals surface area contributed by atoms with Crippen LogP contribution in [0.2, 0.25) is 10.0 Å². The zero-order valence-corrected chi connectivity index (χ0v) is 19.0. The monoisotopic (exact) mass is 432 g/mol. The topological polar surface area (TPSA) is 17.1 Å². The Morgan fingerprint density at radius 3 is 1.74 bits per heavy atom. The molecule has 1 nitrogen and oxygen atoms in total. The molecule has 0 aromatic heterocycles. The Kier molecular flexibility index (Phi) is 14.4. The number of rotatable bonds is 16. The van der Waals surface area contributed by atoms with E-state index in [-0.39, 0.29) is 5.78 Å². The molecule has 0 saturated heterocycles. The first-order valence-corrected chi connectivity index (χ1v) is 11.9. The molecule has 27 heavy (non-hydrogen) atoms. The first-order chi connectivity index (χ1) is 13.1. The van der Waals surface area contributed by atoms with Crippen molar-refractivity contribution in [3.8, 4) is 0 Å². The summed E-state index contributed by atoms with van der Waals surface area (Å²) in [6.07, 6.45) is 17.4. The van der Waals surface area contributed by atoms with Crippen molar-refractivity contribution in [2.75, 3.05) is 0 Å². The highest BCUT2D eigenvalue weighted by atomic mass is 35.5. The molecule has 1 rings (SSSR count). The van der Waals surface area contributed by atoms with Gasteiger partial charge < -0.3 is 0 Å².